The van der Waals surface area contributed by atoms with E-state index in [9.17, 15) is 0 Å². The topological polar surface area (TPSA) is 79.6 Å². The molecule has 4 heteroatoms. The Kier molecular flexibility index (Phi) is 4.29. The molecule has 0 aliphatic rings. The number of hydrogen-bond donors (Lipinski definition) is 1. The molecule has 1 aromatic carbocycles. The van der Waals surface area contributed by atoms with Crippen LogP contribution in [-0.4, -0.2) is 10.5 Å². The highest BCUT2D eigenvalue weighted by atomic mass is 16.5. The van der Waals surface area contributed by atoms with E-state index in [-0.39, 0.29) is 5.48 Å². The lowest BCUT2D eigenvalue weighted by atomic mass is 10.3. The molecule has 0 fully saturated rings. The summed E-state index contributed by atoms with van der Waals surface area (Å²) in [7, 11) is 0. The predicted molar refractivity (Wildman–Crippen MR) is 63.0 cm³/mol. The molecule has 0 radical (unpaired) electrons. The molecule has 0 aliphatic carbocycles. The largest absolute Gasteiger partial charge is 0.487 e. The van der Waals surface area contributed by atoms with Gasteiger partial charge in [0.15, 0.2) is 0 Å². The van der Waals surface area contributed by atoms with Gasteiger partial charge in [-0.3, -0.25) is 4.98 Å². The zero-order valence-electron chi connectivity index (χ0n) is 8.76. The number of benzene rings is 1. The molecule has 4 N–H and O–H groups in total. The van der Waals surface area contributed by atoms with E-state index in [1.54, 1.807) is 6.20 Å². The van der Waals surface area contributed by atoms with Crippen LogP contribution in [-0.2, 0) is 6.61 Å². The van der Waals surface area contributed by atoms with Crippen molar-refractivity contribution in [3.05, 3.63) is 54.4 Å². The first kappa shape index (κ1) is 12.0. The number of nitrogens with two attached hydrogens (primary N) is 1. The van der Waals surface area contributed by atoms with Crippen LogP contribution in [0.2, 0.25) is 0 Å². The molecule has 0 unspecified atom stereocenters. The highest BCUT2D eigenvalue weighted by Gasteiger charge is 1.95. The van der Waals surface area contributed by atoms with Gasteiger partial charge in [0.1, 0.15) is 12.4 Å². The number of nitrogen functional groups attached to an aromatic ring is 1. The SMILES string of the molecule is Nc1ccc(OCc2ccccn2)cc1.O. The summed E-state index contributed by atoms with van der Waals surface area (Å²) in [5.74, 6) is 0.801. The second-order valence-electron chi connectivity index (χ2n) is 3.18. The molecule has 0 bridgehead atoms. The molecule has 84 valence electrons. The van der Waals surface area contributed by atoms with Crippen molar-refractivity contribution in [2.75, 3.05) is 5.73 Å². The Morgan fingerprint density at radius 2 is 1.81 bits per heavy atom. The van der Waals surface area contributed by atoms with Gasteiger partial charge in [-0.2, -0.15) is 0 Å². The molecule has 0 spiro atoms. The number of anilines is 1. The van der Waals surface area contributed by atoms with Crippen molar-refractivity contribution in [1.29, 1.82) is 0 Å². The number of aromatic nitrogens is 1. The van der Waals surface area contributed by atoms with E-state index in [0.717, 1.165) is 17.1 Å². The highest BCUT2D eigenvalue weighted by molar-refractivity contribution is 5.41. The average molecular weight is 218 g/mol. The van der Waals surface area contributed by atoms with Crippen molar-refractivity contribution in [2.45, 2.75) is 6.61 Å². The third kappa shape index (κ3) is 3.25. The Morgan fingerprint density at radius 1 is 1.06 bits per heavy atom. The molecule has 1 aromatic heterocycles. The van der Waals surface area contributed by atoms with E-state index in [1.165, 1.54) is 0 Å². The third-order valence-corrected chi connectivity index (χ3v) is 1.99. The van der Waals surface area contributed by atoms with Crippen molar-refractivity contribution >= 4 is 5.69 Å². The van der Waals surface area contributed by atoms with Crippen molar-refractivity contribution in [2.24, 2.45) is 0 Å². The fourth-order valence-corrected chi connectivity index (χ4v) is 1.20. The van der Waals surface area contributed by atoms with E-state index in [2.05, 4.69) is 4.98 Å². The van der Waals surface area contributed by atoms with Gasteiger partial charge in [0.2, 0.25) is 0 Å². The summed E-state index contributed by atoms with van der Waals surface area (Å²) >= 11 is 0. The standard InChI is InChI=1S/C12H12N2O.H2O/c13-10-4-6-12(7-5-10)15-9-11-3-1-2-8-14-11;/h1-8H,9,13H2;1H2. The maximum absolute atomic E-state index is 5.57. The number of hydrogen-bond acceptors (Lipinski definition) is 3. The maximum atomic E-state index is 5.57. The lowest BCUT2D eigenvalue weighted by molar-refractivity contribution is 0.301. The Labute approximate surface area is 94.0 Å². The molecule has 16 heavy (non-hydrogen) atoms. The van der Waals surface area contributed by atoms with E-state index in [1.807, 2.05) is 42.5 Å². The molecule has 0 saturated heterocycles. The summed E-state index contributed by atoms with van der Waals surface area (Å²) in [6, 6.07) is 13.1. The quantitative estimate of drug-likeness (QED) is 0.791. The maximum Gasteiger partial charge on any atom is 0.130 e. The van der Waals surface area contributed by atoms with Crippen molar-refractivity contribution < 1.29 is 10.2 Å². The van der Waals surface area contributed by atoms with Gasteiger partial charge in [-0.25, -0.2) is 0 Å². The van der Waals surface area contributed by atoms with Crippen LogP contribution < -0.4 is 10.5 Å². The van der Waals surface area contributed by atoms with E-state index >= 15 is 0 Å². The molecule has 4 nitrogen and oxygen atoms in total. The third-order valence-electron chi connectivity index (χ3n) is 1.99. The minimum absolute atomic E-state index is 0. The lowest BCUT2D eigenvalue weighted by Crippen LogP contribution is -1.97. The van der Waals surface area contributed by atoms with E-state index in [0.29, 0.717) is 6.61 Å². The average Bonchev–Trinajstić information content (AvgIpc) is 2.30. The van der Waals surface area contributed by atoms with Crippen LogP contribution >= 0.6 is 0 Å². The van der Waals surface area contributed by atoms with Gasteiger partial charge in [0.05, 0.1) is 5.69 Å². The summed E-state index contributed by atoms with van der Waals surface area (Å²) in [6.07, 6.45) is 1.75. The monoisotopic (exact) mass is 218 g/mol. The second kappa shape index (κ2) is 5.72. The zero-order valence-corrected chi connectivity index (χ0v) is 8.76. The Morgan fingerprint density at radius 3 is 2.44 bits per heavy atom. The first-order valence-electron chi connectivity index (χ1n) is 4.73. The molecule has 1 heterocycles. The molecule has 0 saturated carbocycles. The molecular formula is C12H14N2O2. The van der Waals surface area contributed by atoms with Gasteiger partial charge >= 0.3 is 0 Å². The van der Waals surface area contributed by atoms with Gasteiger partial charge < -0.3 is 15.9 Å². The van der Waals surface area contributed by atoms with Crippen molar-refractivity contribution in [3.8, 4) is 5.75 Å². The summed E-state index contributed by atoms with van der Waals surface area (Å²) in [4.78, 5) is 4.16. The minimum Gasteiger partial charge on any atom is -0.487 e. The van der Waals surface area contributed by atoms with Crippen molar-refractivity contribution in [1.82, 2.24) is 4.98 Å². The number of rotatable bonds is 3. The van der Waals surface area contributed by atoms with Crippen LogP contribution in [0.1, 0.15) is 5.69 Å². The molecule has 0 amide bonds. The van der Waals surface area contributed by atoms with Crippen LogP contribution in [0.5, 0.6) is 5.75 Å². The molecular weight excluding hydrogens is 204 g/mol. The summed E-state index contributed by atoms with van der Waals surface area (Å²) in [5.41, 5.74) is 7.21. The lowest BCUT2D eigenvalue weighted by Gasteiger charge is -2.05. The first-order chi connectivity index (χ1) is 7.34. The summed E-state index contributed by atoms with van der Waals surface area (Å²) < 4.78 is 5.53. The van der Waals surface area contributed by atoms with Gasteiger partial charge in [0.25, 0.3) is 0 Å². The molecule has 2 aromatic rings. The van der Waals surface area contributed by atoms with Gasteiger partial charge in [-0.15, -0.1) is 0 Å². The molecule has 0 aliphatic heterocycles. The fraction of sp³-hybridized carbons (Fsp3) is 0.0833. The Bertz CT molecular complexity index is 415. The van der Waals surface area contributed by atoms with Crippen LogP contribution in [0.4, 0.5) is 5.69 Å². The van der Waals surface area contributed by atoms with Crippen LogP contribution in [0, 0.1) is 0 Å². The number of nitrogens with zero attached hydrogens (tertiary/aromatic N) is 1. The fourth-order valence-electron chi connectivity index (χ4n) is 1.20. The number of pyridine rings is 1. The van der Waals surface area contributed by atoms with E-state index < -0.39 is 0 Å². The smallest absolute Gasteiger partial charge is 0.130 e. The van der Waals surface area contributed by atoms with Gasteiger partial charge in [-0.1, -0.05) is 6.07 Å². The summed E-state index contributed by atoms with van der Waals surface area (Å²) in [5, 5.41) is 0. The van der Waals surface area contributed by atoms with Crippen molar-refractivity contribution in [3.63, 3.8) is 0 Å². The first-order valence-corrected chi connectivity index (χ1v) is 4.73. The molecule has 0 atom stereocenters. The predicted octanol–water partition coefficient (Wildman–Crippen LogP) is 1.42. The second-order valence-corrected chi connectivity index (χ2v) is 3.18. The van der Waals surface area contributed by atoms with Gasteiger partial charge in [0, 0.05) is 11.9 Å². The number of ether oxygens (including phenoxy) is 1. The highest BCUT2D eigenvalue weighted by Crippen LogP contribution is 2.14. The normalized spacial score (nSPS) is 9.25. The van der Waals surface area contributed by atoms with Gasteiger partial charge in [-0.05, 0) is 36.4 Å². The zero-order chi connectivity index (χ0) is 10.5. The minimum atomic E-state index is 0. The Balaban J connectivity index is 0.00000128. The van der Waals surface area contributed by atoms with Crippen LogP contribution in [0.15, 0.2) is 48.7 Å². The molecule has 2 rings (SSSR count). The summed E-state index contributed by atoms with van der Waals surface area (Å²) in [6.45, 7) is 0.477. The Hall–Kier alpha value is -2.07. The van der Waals surface area contributed by atoms with Crippen LogP contribution in [0.3, 0.4) is 0 Å². The van der Waals surface area contributed by atoms with E-state index in [4.69, 9.17) is 10.5 Å². The van der Waals surface area contributed by atoms with Crippen LogP contribution in [0.25, 0.3) is 0 Å².